The summed E-state index contributed by atoms with van der Waals surface area (Å²) in [5.74, 6) is -3.47. The number of halogens is 4. The summed E-state index contributed by atoms with van der Waals surface area (Å²) in [6, 6.07) is 15.2. The zero-order valence-corrected chi connectivity index (χ0v) is 47.9. The summed E-state index contributed by atoms with van der Waals surface area (Å²) in [4.78, 5) is 92.0. The van der Waals surface area contributed by atoms with Gasteiger partial charge in [-0.15, -0.1) is 11.3 Å². The van der Waals surface area contributed by atoms with Gasteiger partial charge in [0.1, 0.15) is 17.9 Å². The number of aromatic amines is 1. The van der Waals surface area contributed by atoms with Crippen LogP contribution in [0.1, 0.15) is 97.8 Å². The molecule has 5 aromatic rings. The van der Waals surface area contributed by atoms with Crippen molar-refractivity contribution in [3.05, 3.63) is 123 Å². The first-order valence-electron chi connectivity index (χ1n) is 27.2. The van der Waals surface area contributed by atoms with Gasteiger partial charge in [-0.25, -0.2) is 9.37 Å². The normalized spacial score (nSPS) is 18.1. The predicted molar refractivity (Wildman–Crippen MR) is 303 cm³/mol. The fourth-order valence-corrected chi connectivity index (χ4v) is 10.7. The summed E-state index contributed by atoms with van der Waals surface area (Å²) < 4.78 is 74.5. The van der Waals surface area contributed by atoms with E-state index in [9.17, 15) is 47.0 Å². The fourth-order valence-electron chi connectivity index (χ4n) is 9.89. The first-order chi connectivity index (χ1) is 38.9. The van der Waals surface area contributed by atoms with Crippen LogP contribution in [0.25, 0.3) is 21.6 Å². The number of hydrogen-bond donors (Lipinski definition) is 5. The summed E-state index contributed by atoms with van der Waals surface area (Å²) in [7, 11) is 1.99. The van der Waals surface area contributed by atoms with E-state index < -0.39 is 75.9 Å². The number of benzene rings is 3. The highest BCUT2D eigenvalue weighted by molar-refractivity contribution is 7.13. The van der Waals surface area contributed by atoms with E-state index in [4.69, 9.17) is 14.2 Å². The maximum Gasteiger partial charge on any atom is 0.417 e. The molecule has 4 amide bonds. The molecule has 2 fully saturated rings. The number of nitrogens with zero attached hydrogens (tertiary/aromatic N) is 4. The fraction of sp³-hybridized carbons (Fsp3) is 0.475. The zero-order chi connectivity index (χ0) is 59.5. The molecule has 7 rings (SSSR count). The van der Waals surface area contributed by atoms with Crippen molar-refractivity contribution in [3.8, 4) is 21.6 Å². The number of nitrogens with one attached hydrogen (secondary N) is 4. The van der Waals surface area contributed by atoms with Crippen molar-refractivity contribution < 1.29 is 60.9 Å². The zero-order valence-electron chi connectivity index (χ0n) is 47.1. The Kier molecular flexibility index (Phi) is 21.4. The molecule has 0 saturated carbocycles. The van der Waals surface area contributed by atoms with Crippen LogP contribution in [0.3, 0.4) is 0 Å². The van der Waals surface area contributed by atoms with Gasteiger partial charge < -0.3 is 50.1 Å². The Morgan fingerprint density at radius 3 is 2.15 bits per heavy atom. The van der Waals surface area contributed by atoms with Crippen molar-refractivity contribution >= 4 is 52.1 Å². The Bertz CT molecular complexity index is 3100. The average Bonchev–Trinajstić information content (AvgIpc) is 4.21. The number of Topliss-reactive ketones (excluding diaryl/α,β-unsaturated/α-hetero) is 1. The number of ether oxygens (including phenoxy) is 3. The first kappa shape index (κ1) is 62.7. The molecule has 23 heteroatoms. The number of ketones is 1. The van der Waals surface area contributed by atoms with Crippen molar-refractivity contribution in [2.75, 3.05) is 76.5 Å². The summed E-state index contributed by atoms with van der Waals surface area (Å²) >= 11 is 1.55. The number of amides is 4. The van der Waals surface area contributed by atoms with Gasteiger partial charge in [-0.1, -0.05) is 63.2 Å². The van der Waals surface area contributed by atoms with Crippen molar-refractivity contribution in [2.24, 2.45) is 5.41 Å². The second-order valence-electron chi connectivity index (χ2n) is 21.8. The van der Waals surface area contributed by atoms with Gasteiger partial charge in [-0.05, 0) is 74.5 Å². The van der Waals surface area contributed by atoms with Crippen molar-refractivity contribution in [1.29, 1.82) is 0 Å². The molecule has 18 nitrogen and oxygen atoms in total. The van der Waals surface area contributed by atoms with Crippen LogP contribution < -0.4 is 26.4 Å². The van der Waals surface area contributed by atoms with E-state index in [2.05, 4.69) is 30.8 Å². The molecule has 0 radical (unpaired) electrons. The third kappa shape index (κ3) is 16.4. The lowest BCUT2D eigenvalue weighted by Gasteiger charge is -2.44. The number of piperazine rings is 1. The molecule has 2 aliphatic heterocycles. The van der Waals surface area contributed by atoms with Crippen LogP contribution >= 0.6 is 11.3 Å². The summed E-state index contributed by atoms with van der Waals surface area (Å²) in [6.45, 7) is 13.8. The third-order valence-electron chi connectivity index (χ3n) is 14.6. The van der Waals surface area contributed by atoms with E-state index in [1.165, 1.54) is 23.1 Å². The van der Waals surface area contributed by atoms with E-state index in [-0.39, 0.29) is 107 Å². The number of pyridine rings is 1. The molecule has 5 N–H and O–H groups in total. The number of alkyl halides is 3. The molecule has 5 atom stereocenters. The van der Waals surface area contributed by atoms with Gasteiger partial charge in [0.15, 0.2) is 5.78 Å². The van der Waals surface area contributed by atoms with Crippen LogP contribution in [0.2, 0.25) is 0 Å². The molecule has 2 saturated heterocycles. The van der Waals surface area contributed by atoms with Gasteiger partial charge in [0, 0.05) is 87.5 Å². The Morgan fingerprint density at radius 1 is 0.854 bits per heavy atom. The van der Waals surface area contributed by atoms with Gasteiger partial charge in [-0.3, -0.25) is 33.7 Å². The van der Waals surface area contributed by atoms with E-state index in [1.807, 2.05) is 77.8 Å². The Labute approximate surface area is 477 Å². The number of aliphatic hydroxyl groups is 1. The Hall–Kier alpha value is -6.89. The van der Waals surface area contributed by atoms with Gasteiger partial charge in [0.05, 0.1) is 77.7 Å². The lowest BCUT2D eigenvalue weighted by molar-refractivity contribution is -0.144. The van der Waals surface area contributed by atoms with Crippen molar-refractivity contribution in [3.63, 3.8) is 0 Å². The lowest BCUT2D eigenvalue weighted by Crippen LogP contribution is -2.57. The molecule has 442 valence electrons. The number of carbonyl (C=O) groups is 5. The monoisotopic (exact) mass is 1160 g/mol. The van der Waals surface area contributed by atoms with E-state index in [0.717, 1.165) is 27.8 Å². The van der Waals surface area contributed by atoms with Gasteiger partial charge in [0.25, 0.3) is 5.91 Å². The number of thiazole rings is 1. The largest absolute Gasteiger partial charge is 0.417 e. The number of rotatable bonds is 24. The number of aromatic nitrogens is 2. The minimum Gasteiger partial charge on any atom is -0.391 e. The number of β-amino-alcohol motifs (C(OH)–C–C–N with tert-alkyl or cyclic N) is 1. The highest BCUT2D eigenvalue weighted by Gasteiger charge is 2.44. The number of anilines is 2. The number of aryl methyl sites for hydroxylation is 1. The number of hydrogen-bond acceptors (Lipinski definition) is 14. The SMILES string of the molecule is Cc1ncsc1-c1ccc(CNC(=O)[C@@H]2C[C@@H](O)CN2C(=O)[C@@H](NC(=O)CCOCCOCCOCCCC(=O)c2ccc(-c3ccc(N4C[C@@H](C)N(C)[C@@H](C)C4)c(NC(=O)c4c[nH]c(=O)cc4C(F)(F)F)c3)c(F)c2)C(C)(C)C)cc1. The third-order valence-corrected chi connectivity index (χ3v) is 15.6. The number of likely N-dealkylation sites (tertiary alicyclic amines) is 1. The molecule has 82 heavy (non-hydrogen) atoms. The molecule has 2 aliphatic rings. The van der Waals surface area contributed by atoms with E-state index >= 15 is 4.39 Å². The second-order valence-corrected chi connectivity index (χ2v) is 22.7. The van der Waals surface area contributed by atoms with Crippen molar-refractivity contribution in [2.45, 2.75) is 110 Å². The number of carbonyl (C=O) groups excluding carboxylic acids is 5. The molecular formula is C59H72F4N8O10S. The van der Waals surface area contributed by atoms with Gasteiger partial charge in [-0.2, -0.15) is 13.2 Å². The molecule has 4 heterocycles. The topological polar surface area (TPSA) is 225 Å². The predicted octanol–water partition coefficient (Wildman–Crippen LogP) is 7.62. The smallest absolute Gasteiger partial charge is 0.391 e. The second kappa shape index (κ2) is 27.9. The van der Waals surface area contributed by atoms with Crippen LogP contribution in [0.5, 0.6) is 0 Å². The molecule has 2 aromatic heterocycles. The summed E-state index contributed by atoms with van der Waals surface area (Å²) in [6.07, 6.45) is -4.76. The number of aliphatic hydroxyl groups excluding tert-OH is 1. The first-order valence-corrected chi connectivity index (χ1v) is 28.1. The van der Waals surface area contributed by atoms with Crippen LogP contribution in [0.15, 0.2) is 83.2 Å². The van der Waals surface area contributed by atoms with Crippen LogP contribution in [0, 0.1) is 18.2 Å². The number of H-pyrrole nitrogens is 1. The standard InChI is InChI=1S/C59H72F4N8O10S/c1-35-31-70(32-36(2)69(35)7)48-17-15-40(26-47(48)67-55(76)44-30-64-52(75)28-45(44)59(61,62)63)43-16-14-41(25-46(43)60)50(73)9-8-19-79-21-23-81-24-22-80-20-18-51(74)68-54(58(4,5)6)57(78)71-33-42(72)27-49(71)56(77)65-29-38-10-12-39(13-11-38)53-37(3)66-34-82-53/h10-17,25-26,28,30,34-36,42,49,54,72H,8-9,18-24,27,29,31-33H2,1-7H3,(H,64,75)(H,65,77)(H,67,76)(H,68,74)/t35-,36+,42-,49+,54-/m1/s1. The Morgan fingerprint density at radius 2 is 1.51 bits per heavy atom. The quantitative estimate of drug-likeness (QED) is 0.0228. The van der Waals surface area contributed by atoms with Crippen molar-refractivity contribution in [1.82, 2.24) is 30.4 Å². The maximum atomic E-state index is 15.9. The Balaban J connectivity index is 0.807. The number of likely N-dealkylation sites (N-methyl/N-ethyl adjacent to an activating group) is 1. The minimum atomic E-state index is -4.99. The van der Waals surface area contributed by atoms with E-state index in [1.54, 1.807) is 29.0 Å². The van der Waals surface area contributed by atoms with E-state index in [0.29, 0.717) is 43.0 Å². The average molecular weight is 1160 g/mol. The maximum absolute atomic E-state index is 15.9. The minimum absolute atomic E-state index is 0.0418. The van der Waals surface area contributed by atoms with Gasteiger partial charge in [0.2, 0.25) is 23.3 Å². The highest BCUT2D eigenvalue weighted by atomic mass is 32.1. The summed E-state index contributed by atoms with van der Waals surface area (Å²) in [5, 5.41) is 18.9. The molecule has 0 aliphatic carbocycles. The molecular weight excluding hydrogens is 1090 g/mol. The molecule has 3 aromatic carbocycles. The molecule has 0 bridgehead atoms. The highest BCUT2D eigenvalue weighted by Crippen LogP contribution is 2.37. The van der Waals surface area contributed by atoms with Crippen LogP contribution in [0.4, 0.5) is 28.9 Å². The summed E-state index contributed by atoms with van der Waals surface area (Å²) in [5.41, 5.74) is 1.83. The van der Waals surface area contributed by atoms with Gasteiger partial charge >= 0.3 is 6.18 Å². The lowest BCUT2D eigenvalue weighted by atomic mass is 9.85. The van der Waals surface area contributed by atoms with Crippen LogP contribution in [-0.4, -0.2) is 151 Å². The van der Waals surface area contributed by atoms with Crippen LogP contribution in [-0.2, 0) is 41.3 Å². The molecule has 0 unspecified atom stereocenters. The molecule has 0 spiro atoms.